The van der Waals surface area contributed by atoms with Crippen molar-refractivity contribution in [2.75, 3.05) is 16.8 Å². The number of aromatic nitrogens is 1. The van der Waals surface area contributed by atoms with Gasteiger partial charge in [-0.3, -0.25) is 14.5 Å². The van der Waals surface area contributed by atoms with Crippen molar-refractivity contribution >= 4 is 34.1 Å². The molecule has 0 bridgehead atoms. The Labute approximate surface area is 150 Å². The van der Waals surface area contributed by atoms with E-state index in [2.05, 4.69) is 10.3 Å². The average Bonchev–Trinajstić information content (AvgIpc) is 2.98. The monoisotopic (exact) mass is 349 g/mol. The second-order valence-corrected chi connectivity index (χ2v) is 6.45. The Morgan fingerprint density at radius 2 is 2.04 bits per heavy atom. The highest BCUT2D eigenvalue weighted by Crippen LogP contribution is 2.33. The first kappa shape index (κ1) is 16.2. The number of fused-ring (bicyclic) bond motifs is 2. The molecule has 4 rings (SSSR count). The van der Waals surface area contributed by atoms with Gasteiger partial charge in [-0.05, 0) is 50.2 Å². The number of nitrogens with one attached hydrogen (secondary N) is 2. The van der Waals surface area contributed by atoms with Crippen molar-refractivity contribution in [1.29, 1.82) is 0 Å². The minimum absolute atomic E-state index is 0.0618. The Kier molecular flexibility index (Phi) is 3.88. The molecule has 2 aromatic carbocycles. The third kappa shape index (κ3) is 2.90. The number of ether oxygens (including phenoxy) is 1. The van der Waals surface area contributed by atoms with Crippen LogP contribution in [0, 0.1) is 6.92 Å². The zero-order valence-electron chi connectivity index (χ0n) is 14.6. The van der Waals surface area contributed by atoms with Crippen molar-refractivity contribution in [2.45, 2.75) is 20.0 Å². The van der Waals surface area contributed by atoms with Crippen molar-refractivity contribution in [1.82, 2.24) is 4.98 Å². The number of para-hydroxylation sites is 2. The second kappa shape index (κ2) is 6.22. The Hall–Kier alpha value is -3.28. The summed E-state index contributed by atoms with van der Waals surface area (Å²) in [7, 11) is 0. The first-order valence-corrected chi connectivity index (χ1v) is 8.47. The summed E-state index contributed by atoms with van der Waals surface area (Å²) in [5.74, 6) is 0.126. The quantitative estimate of drug-likeness (QED) is 0.762. The van der Waals surface area contributed by atoms with Crippen molar-refractivity contribution in [3.8, 4) is 5.75 Å². The molecule has 0 saturated carbocycles. The van der Waals surface area contributed by atoms with Crippen LogP contribution < -0.4 is 15.0 Å². The van der Waals surface area contributed by atoms with Crippen molar-refractivity contribution in [3.63, 3.8) is 0 Å². The van der Waals surface area contributed by atoms with Gasteiger partial charge in [-0.25, -0.2) is 0 Å². The van der Waals surface area contributed by atoms with Gasteiger partial charge in [0.05, 0.1) is 5.69 Å². The van der Waals surface area contributed by atoms with Crippen LogP contribution in [-0.4, -0.2) is 29.4 Å². The Bertz CT molecular complexity index is 1010. The molecule has 2 N–H and O–H groups in total. The van der Waals surface area contributed by atoms with E-state index in [0.717, 1.165) is 16.6 Å². The second-order valence-electron chi connectivity index (χ2n) is 6.45. The number of hydrogen-bond donors (Lipinski definition) is 2. The molecule has 132 valence electrons. The summed E-state index contributed by atoms with van der Waals surface area (Å²) in [6.45, 7) is 3.61. The van der Waals surface area contributed by atoms with E-state index in [1.165, 1.54) is 4.90 Å². The highest BCUT2D eigenvalue weighted by molar-refractivity contribution is 6.06. The van der Waals surface area contributed by atoms with Gasteiger partial charge in [0.2, 0.25) is 5.91 Å². The number of benzene rings is 2. The van der Waals surface area contributed by atoms with Gasteiger partial charge < -0.3 is 15.0 Å². The molecular weight excluding hydrogens is 330 g/mol. The average molecular weight is 349 g/mol. The van der Waals surface area contributed by atoms with E-state index in [-0.39, 0.29) is 18.4 Å². The number of aryl methyl sites for hydroxylation is 1. The summed E-state index contributed by atoms with van der Waals surface area (Å²) in [6.07, 6.45) is -0.614. The van der Waals surface area contributed by atoms with Gasteiger partial charge in [0.25, 0.3) is 5.91 Å². The van der Waals surface area contributed by atoms with Gasteiger partial charge in [0, 0.05) is 22.3 Å². The lowest BCUT2D eigenvalue weighted by Gasteiger charge is -2.32. The third-order valence-electron chi connectivity index (χ3n) is 4.41. The molecule has 1 aromatic heterocycles. The zero-order valence-corrected chi connectivity index (χ0v) is 14.6. The third-order valence-corrected chi connectivity index (χ3v) is 4.41. The molecule has 2 amide bonds. The molecular formula is C20H19N3O3. The highest BCUT2D eigenvalue weighted by atomic mass is 16.5. The Morgan fingerprint density at radius 1 is 1.23 bits per heavy atom. The predicted octanol–water partition coefficient (Wildman–Crippen LogP) is 3.23. The summed E-state index contributed by atoms with van der Waals surface area (Å²) in [6, 6.07) is 14.9. The molecule has 26 heavy (non-hydrogen) atoms. The van der Waals surface area contributed by atoms with Crippen LogP contribution in [0.15, 0.2) is 48.5 Å². The number of carbonyl (C=O) groups excluding carboxylic acids is 2. The molecule has 2 heterocycles. The molecule has 0 fully saturated rings. The van der Waals surface area contributed by atoms with E-state index in [9.17, 15) is 9.59 Å². The van der Waals surface area contributed by atoms with Gasteiger partial charge >= 0.3 is 0 Å². The predicted molar refractivity (Wildman–Crippen MR) is 101 cm³/mol. The fraction of sp³-hybridized carbons (Fsp3) is 0.200. The molecule has 6 heteroatoms. The van der Waals surface area contributed by atoms with Crippen molar-refractivity contribution in [2.24, 2.45) is 0 Å². The van der Waals surface area contributed by atoms with Crippen LogP contribution in [0.1, 0.15) is 12.6 Å². The Morgan fingerprint density at radius 3 is 2.88 bits per heavy atom. The topological polar surface area (TPSA) is 74.4 Å². The minimum atomic E-state index is -0.614. The molecule has 0 radical (unpaired) electrons. The van der Waals surface area contributed by atoms with Gasteiger partial charge in [-0.1, -0.05) is 12.1 Å². The maximum Gasteiger partial charge on any atom is 0.268 e. The summed E-state index contributed by atoms with van der Waals surface area (Å²) in [5, 5.41) is 3.90. The van der Waals surface area contributed by atoms with E-state index in [0.29, 0.717) is 17.1 Å². The molecule has 0 aliphatic carbocycles. The lowest BCUT2D eigenvalue weighted by molar-refractivity contribution is -0.127. The minimum Gasteiger partial charge on any atom is -0.479 e. The van der Waals surface area contributed by atoms with Crippen LogP contribution in [0.2, 0.25) is 0 Å². The molecule has 0 spiro atoms. The zero-order chi connectivity index (χ0) is 18.3. The van der Waals surface area contributed by atoms with Crippen LogP contribution in [0.5, 0.6) is 5.75 Å². The lowest BCUT2D eigenvalue weighted by atomic mass is 10.2. The van der Waals surface area contributed by atoms with E-state index in [4.69, 9.17) is 4.74 Å². The molecule has 0 unspecified atom stereocenters. The van der Waals surface area contributed by atoms with Gasteiger partial charge in [-0.2, -0.15) is 0 Å². The summed E-state index contributed by atoms with van der Waals surface area (Å²) >= 11 is 0. The maximum atomic E-state index is 12.5. The van der Waals surface area contributed by atoms with Crippen LogP contribution >= 0.6 is 0 Å². The SMILES string of the molecule is Cc1cc2cc(NC(=O)CN3C(=O)[C@H](C)Oc4ccccc43)ccc2[nH]1. The first-order valence-electron chi connectivity index (χ1n) is 8.47. The van der Waals surface area contributed by atoms with Gasteiger partial charge in [0.15, 0.2) is 6.10 Å². The highest BCUT2D eigenvalue weighted by Gasteiger charge is 2.32. The number of anilines is 2. The normalized spacial score (nSPS) is 16.3. The van der Waals surface area contributed by atoms with Crippen molar-refractivity contribution in [3.05, 3.63) is 54.2 Å². The fourth-order valence-corrected chi connectivity index (χ4v) is 3.22. The van der Waals surface area contributed by atoms with Crippen LogP contribution in [0.3, 0.4) is 0 Å². The lowest BCUT2D eigenvalue weighted by Crippen LogP contribution is -2.47. The molecule has 0 saturated heterocycles. The Balaban J connectivity index is 1.54. The van der Waals surface area contributed by atoms with Crippen LogP contribution in [0.25, 0.3) is 10.9 Å². The standard InChI is InChI=1S/C20H19N3O3/c1-12-9-14-10-15(7-8-16(14)21-12)22-19(24)11-23-17-5-3-4-6-18(17)26-13(2)20(23)25/h3-10,13,21H,11H2,1-2H3,(H,22,24)/t13-/m0/s1. The first-order chi connectivity index (χ1) is 12.5. The molecule has 1 aliphatic rings. The van der Waals surface area contributed by atoms with Crippen LogP contribution in [0.4, 0.5) is 11.4 Å². The largest absolute Gasteiger partial charge is 0.479 e. The van der Waals surface area contributed by atoms with E-state index in [1.807, 2.05) is 43.3 Å². The molecule has 1 aliphatic heterocycles. The number of nitrogens with zero attached hydrogens (tertiary/aromatic N) is 1. The van der Waals surface area contributed by atoms with E-state index in [1.54, 1.807) is 19.1 Å². The number of amides is 2. The van der Waals surface area contributed by atoms with Crippen molar-refractivity contribution < 1.29 is 14.3 Å². The van der Waals surface area contributed by atoms with E-state index < -0.39 is 6.10 Å². The number of H-pyrrole nitrogens is 1. The summed E-state index contributed by atoms with van der Waals surface area (Å²) < 4.78 is 5.60. The molecule has 3 aromatic rings. The number of hydrogen-bond acceptors (Lipinski definition) is 3. The van der Waals surface area contributed by atoms with Gasteiger partial charge in [0.1, 0.15) is 12.3 Å². The maximum absolute atomic E-state index is 12.5. The number of carbonyl (C=O) groups is 2. The number of rotatable bonds is 3. The van der Waals surface area contributed by atoms with Gasteiger partial charge in [-0.15, -0.1) is 0 Å². The van der Waals surface area contributed by atoms with Crippen LogP contribution in [-0.2, 0) is 9.59 Å². The summed E-state index contributed by atoms with van der Waals surface area (Å²) in [4.78, 5) is 29.7. The fourth-order valence-electron chi connectivity index (χ4n) is 3.22. The van der Waals surface area contributed by atoms with E-state index >= 15 is 0 Å². The summed E-state index contributed by atoms with van der Waals surface area (Å²) in [5.41, 5.74) is 3.39. The number of aromatic amines is 1. The smallest absolute Gasteiger partial charge is 0.268 e. The molecule has 6 nitrogen and oxygen atoms in total. The molecule has 1 atom stereocenters.